The molecule has 1 amide bonds. The topological polar surface area (TPSA) is 64.0 Å². The smallest absolute Gasteiger partial charge is 0.265 e. The highest BCUT2D eigenvalue weighted by molar-refractivity contribution is 6.04. The Labute approximate surface area is 166 Å². The molecule has 29 heavy (non-hydrogen) atoms. The maximum atomic E-state index is 13.4. The van der Waals surface area contributed by atoms with Crippen LogP contribution in [0.1, 0.15) is 21.7 Å². The van der Waals surface area contributed by atoms with Gasteiger partial charge in [-0.15, -0.1) is 0 Å². The molecule has 3 aromatic carbocycles. The Kier molecular flexibility index (Phi) is 4.68. The zero-order valence-corrected chi connectivity index (χ0v) is 15.9. The molecule has 0 saturated carbocycles. The lowest BCUT2D eigenvalue weighted by Gasteiger charge is -2.14. The number of halogens is 1. The molecule has 0 fully saturated rings. The summed E-state index contributed by atoms with van der Waals surface area (Å²) in [5.41, 5.74) is 2.76. The van der Waals surface area contributed by atoms with Crippen LogP contribution in [0.3, 0.4) is 0 Å². The van der Waals surface area contributed by atoms with Crippen LogP contribution in [0.2, 0.25) is 0 Å². The van der Waals surface area contributed by atoms with E-state index in [1.807, 2.05) is 25.1 Å². The Morgan fingerprint density at radius 1 is 1.00 bits per heavy atom. The lowest BCUT2D eigenvalue weighted by molar-refractivity contribution is 0.102. The summed E-state index contributed by atoms with van der Waals surface area (Å²) in [5.74, 6) is -0.297. The third-order valence-electron chi connectivity index (χ3n) is 4.75. The zero-order chi connectivity index (χ0) is 20.5. The van der Waals surface area contributed by atoms with Crippen molar-refractivity contribution in [1.82, 2.24) is 9.55 Å². The third-order valence-corrected chi connectivity index (χ3v) is 4.75. The van der Waals surface area contributed by atoms with Crippen molar-refractivity contribution in [1.29, 1.82) is 0 Å². The fourth-order valence-corrected chi connectivity index (χ4v) is 3.30. The summed E-state index contributed by atoms with van der Waals surface area (Å²) in [7, 11) is 0. The summed E-state index contributed by atoms with van der Waals surface area (Å²) in [6.07, 6.45) is 0. The summed E-state index contributed by atoms with van der Waals surface area (Å²) >= 11 is 0. The van der Waals surface area contributed by atoms with Crippen LogP contribution in [-0.2, 0) is 0 Å². The minimum atomic E-state index is -0.469. The van der Waals surface area contributed by atoms with Crippen LogP contribution in [-0.4, -0.2) is 15.5 Å². The van der Waals surface area contributed by atoms with E-state index in [0.29, 0.717) is 28.1 Å². The first-order valence-electron chi connectivity index (χ1n) is 9.10. The average molecular weight is 387 g/mol. The average Bonchev–Trinajstić information content (AvgIpc) is 2.70. The molecule has 1 N–H and O–H groups in total. The monoisotopic (exact) mass is 387 g/mol. The lowest BCUT2D eigenvalue weighted by atomic mass is 10.1. The minimum Gasteiger partial charge on any atom is -0.322 e. The van der Waals surface area contributed by atoms with E-state index in [1.165, 1.54) is 18.2 Å². The van der Waals surface area contributed by atoms with Crippen molar-refractivity contribution < 1.29 is 9.18 Å². The first kappa shape index (κ1) is 18.6. The van der Waals surface area contributed by atoms with Gasteiger partial charge in [0.15, 0.2) is 0 Å². The number of hydrogen-bond donors (Lipinski definition) is 1. The molecule has 0 radical (unpaired) electrons. The van der Waals surface area contributed by atoms with Crippen molar-refractivity contribution in [2.45, 2.75) is 13.8 Å². The van der Waals surface area contributed by atoms with Gasteiger partial charge in [0.2, 0.25) is 0 Å². The molecule has 0 bridgehead atoms. The van der Waals surface area contributed by atoms with Gasteiger partial charge in [0.25, 0.3) is 11.5 Å². The van der Waals surface area contributed by atoms with Crippen LogP contribution >= 0.6 is 0 Å². The Bertz CT molecular complexity index is 1310. The fourth-order valence-electron chi connectivity index (χ4n) is 3.30. The van der Waals surface area contributed by atoms with Crippen LogP contribution in [0.4, 0.5) is 10.1 Å². The highest BCUT2D eigenvalue weighted by Gasteiger charge is 2.12. The van der Waals surface area contributed by atoms with Crippen LogP contribution in [0.15, 0.2) is 71.5 Å². The first-order valence-corrected chi connectivity index (χ1v) is 9.10. The molecule has 6 heteroatoms. The molecular weight excluding hydrogens is 369 g/mol. The van der Waals surface area contributed by atoms with Gasteiger partial charge in [-0.25, -0.2) is 9.37 Å². The molecule has 1 aromatic heterocycles. The van der Waals surface area contributed by atoms with Crippen LogP contribution in [0, 0.1) is 19.7 Å². The number of amides is 1. The molecule has 4 aromatic rings. The normalized spacial score (nSPS) is 10.9. The van der Waals surface area contributed by atoms with E-state index < -0.39 is 11.7 Å². The summed E-state index contributed by atoms with van der Waals surface area (Å²) in [4.78, 5) is 29.9. The number of benzene rings is 3. The highest BCUT2D eigenvalue weighted by Crippen LogP contribution is 2.21. The van der Waals surface area contributed by atoms with E-state index >= 15 is 0 Å². The van der Waals surface area contributed by atoms with Crippen molar-refractivity contribution in [3.63, 3.8) is 0 Å². The minimum absolute atomic E-state index is 0.149. The number of aromatic nitrogens is 2. The summed E-state index contributed by atoms with van der Waals surface area (Å²) in [5, 5.41) is 3.32. The zero-order valence-electron chi connectivity index (χ0n) is 15.9. The fraction of sp³-hybridized carbons (Fsp3) is 0.0870. The first-order chi connectivity index (χ1) is 13.9. The summed E-state index contributed by atoms with van der Waals surface area (Å²) in [6.45, 7) is 3.61. The number of hydrogen-bond acceptors (Lipinski definition) is 3. The number of aryl methyl sites for hydroxylation is 2. The molecule has 4 rings (SSSR count). The quantitative estimate of drug-likeness (QED) is 0.567. The number of carbonyl (C=O) groups excluding carboxylic acids is 1. The Morgan fingerprint density at radius 3 is 2.55 bits per heavy atom. The van der Waals surface area contributed by atoms with Crippen molar-refractivity contribution in [2.24, 2.45) is 0 Å². The number of carbonyl (C=O) groups is 1. The van der Waals surface area contributed by atoms with Gasteiger partial charge in [0, 0.05) is 11.3 Å². The van der Waals surface area contributed by atoms with E-state index in [0.717, 1.165) is 5.56 Å². The predicted molar refractivity (Wildman–Crippen MR) is 111 cm³/mol. The van der Waals surface area contributed by atoms with Gasteiger partial charge in [0.05, 0.1) is 16.6 Å². The molecular formula is C23H18FN3O2. The molecule has 144 valence electrons. The molecule has 1 heterocycles. The highest BCUT2D eigenvalue weighted by atomic mass is 19.1. The molecule has 0 aliphatic carbocycles. The van der Waals surface area contributed by atoms with Crippen LogP contribution in [0.25, 0.3) is 16.6 Å². The van der Waals surface area contributed by atoms with Crippen LogP contribution in [0.5, 0.6) is 0 Å². The number of anilines is 1. The van der Waals surface area contributed by atoms with Crippen molar-refractivity contribution in [3.05, 3.63) is 99.9 Å². The summed E-state index contributed by atoms with van der Waals surface area (Å²) in [6, 6.07) is 18.0. The number of para-hydroxylation sites is 1. The van der Waals surface area contributed by atoms with Crippen LogP contribution < -0.4 is 10.9 Å². The van der Waals surface area contributed by atoms with Gasteiger partial charge in [-0.05, 0) is 67.9 Å². The molecule has 0 saturated heterocycles. The van der Waals surface area contributed by atoms with Crippen molar-refractivity contribution >= 4 is 22.5 Å². The molecule has 0 aliphatic heterocycles. The van der Waals surface area contributed by atoms with Gasteiger partial charge >= 0.3 is 0 Å². The molecule has 5 nitrogen and oxygen atoms in total. The van der Waals surface area contributed by atoms with E-state index in [1.54, 1.807) is 41.8 Å². The van der Waals surface area contributed by atoms with Gasteiger partial charge in [-0.2, -0.15) is 0 Å². The second kappa shape index (κ2) is 7.31. The van der Waals surface area contributed by atoms with Gasteiger partial charge in [0.1, 0.15) is 11.6 Å². The summed E-state index contributed by atoms with van der Waals surface area (Å²) < 4.78 is 14.9. The number of rotatable bonds is 3. The second-order valence-electron chi connectivity index (χ2n) is 6.78. The van der Waals surface area contributed by atoms with Gasteiger partial charge in [-0.1, -0.05) is 18.2 Å². The molecule has 0 aliphatic rings. The third kappa shape index (κ3) is 3.52. The van der Waals surface area contributed by atoms with Crippen molar-refractivity contribution in [3.8, 4) is 5.69 Å². The second-order valence-corrected chi connectivity index (χ2v) is 6.78. The Morgan fingerprint density at radius 2 is 1.79 bits per heavy atom. The number of fused-ring (bicyclic) bond motifs is 1. The lowest BCUT2D eigenvalue weighted by Crippen LogP contribution is -2.22. The van der Waals surface area contributed by atoms with Gasteiger partial charge in [-0.3, -0.25) is 14.2 Å². The maximum absolute atomic E-state index is 13.4. The van der Waals surface area contributed by atoms with E-state index in [2.05, 4.69) is 10.3 Å². The number of nitrogens with zero attached hydrogens (tertiary/aromatic N) is 2. The standard InChI is InChI=1S/C23H18FN3O2/c1-14-12-18(27-15(2)25-21-9-4-3-8-19(21)23(27)29)10-11-20(14)26-22(28)16-6-5-7-17(24)13-16/h3-13H,1-2H3,(H,26,28). The maximum Gasteiger partial charge on any atom is 0.265 e. The molecule has 0 atom stereocenters. The van der Waals surface area contributed by atoms with E-state index in [4.69, 9.17) is 0 Å². The van der Waals surface area contributed by atoms with E-state index in [9.17, 15) is 14.0 Å². The molecule has 0 spiro atoms. The van der Waals surface area contributed by atoms with E-state index in [-0.39, 0.29) is 11.1 Å². The largest absolute Gasteiger partial charge is 0.322 e. The molecule has 0 unspecified atom stereocenters. The number of nitrogens with one attached hydrogen (secondary N) is 1. The van der Waals surface area contributed by atoms with Gasteiger partial charge < -0.3 is 5.32 Å². The Balaban J connectivity index is 1.70. The predicted octanol–water partition coefficient (Wildman–Crippen LogP) is 4.39. The SMILES string of the molecule is Cc1cc(-n2c(C)nc3ccccc3c2=O)ccc1NC(=O)c1cccc(F)c1. The Hall–Kier alpha value is -3.80. The van der Waals surface area contributed by atoms with Crippen molar-refractivity contribution in [2.75, 3.05) is 5.32 Å².